The first-order chi connectivity index (χ1) is 8.63. The smallest absolute Gasteiger partial charge is 0.126 e. The fourth-order valence-corrected chi connectivity index (χ4v) is 3.71. The summed E-state index contributed by atoms with van der Waals surface area (Å²) in [5.74, 6) is 2.17. The molecule has 1 aliphatic rings. The third-order valence-electron chi connectivity index (χ3n) is 3.69. The van der Waals surface area contributed by atoms with Gasteiger partial charge in [0.25, 0.3) is 0 Å². The van der Waals surface area contributed by atoms with E-state index in [-0.39, 0.29) is 11.9 Å². The molecular weight excluding hydrogens is 247 g/mol. The van der Waals surface area contributed by atoms with E-state index < -0.39 is 0 Å². The third-order valence-corrected chi connectivity index (χ3v) is 4.74. The van der Waals surface area contributed by atoms with Gasteiger partial charge in [-0.1, -0.05) is 12.1 Å². The van der Waals surface area contributed by atoms with E-state index in [0.29, 0.717) is 11.6 Å². The molecule has 0 amide bonds. The van der Waals surface area contributed by atoms with Gasteiger partial charge in [-0.25, -0.2) is 4.39 Å². The van der Waals surface area contributed by atoms with E-state index in [1.54, 1.807) is 13.0 Å². The number of hydrogen-bond acceptors (Lipinski definition) is 3. The van der Waals surface area contributed by atoms with E-state index in [0.717, 1.165) is 17.9 Å². The molecule has 0 radical (unpaired) electrons. The second-order valence-electron chi connectivity index (χ2n) is 4.90. The Bertz CT molecular complexity index is 411. The van der Waals surface area contributed by atoms with Crippen LogP contribution in [0.5, 0.6) is 0 Å². The van der Waals surface area contributed by atoms with Crippen LogP contribution in [0.4, 0.5) is 4.39 Å². The largest absolute Gasteiger partial charge is 0.312 e. The molecule has 2 rings (SSSR count). The molecule has 0 aliphatic carbocycles. The maximum Gasteiger partial charge on any atom is 0.126 e. The average Bonchev–Trinajstić information content (AvgIpc) is 2.37. The van der Waals surface area contributed by atoms with Gasteiger partial charge >= 0.3 is 0 Å². The first-order valence-electron chi connectivity index (χ1n) is 6.34. The Morgan fingerprint density at radius 2 is 2.28 bits per heavy atom. The molecule has 4 heteroatoms. The van der Waals surface area contributed by atoms with E-state index in [9.17, 15) is 4.39 Å². The van der Waals surface area contributed by atoms with Crippen LogP contribution >= 0.6 is 11.8 Å². The SMILES string of the molecule is CNC(c1ccc(C)c(F)c1)C1CSCCN1C. The van der Waals surface area contributed by atoms with Gasteiger partial charge in [0.2, 0.25) is 0 Å². The van der Waals surface area contributed by atoms with Crippen molar-refractivity contribution in [2.24, 2.45) is 0 Å². The van der Waals surface area contributed by atoms with Gasteiger partial charge in [0.15, 0.2) is 0 Å². The number of nitrogens with zero attached hydrogens (tertiary/aromatic N) is 1. The normalized spacial score (nSPS) is 23.0. The Kier molecular flexibility index (Phi) is 4.65. The lowest BCUT2D eigenvalue weighted by Gasteiger charge is -2.38. The Labute approximate surface area is 113 Å². The summed E-state index contributed by atoms with van der Waals surface area (Å²) in [5.41, 5.74) is 1.75. The third kappa shape index (κ3) is 2.87. The molecule has 0 saturated carbocycles. The van der Waals surface area contributed by atoms with Crippen LogP contribution in [-0.4, -0.2) is 43.1 Å². The summed E-state index contributed by atoms with van der Waals surface area (Å²) >= 11 is 1.98. The number of aryl methyl sites for hydroxylation is 1. The van der Waals surface area contributed by atoms with Crippen LogP contribution in [-0.2, 0) is 0 Å². The summed E-state index contributed by atoms with van der Waals surface area (Å²) in [5, 5.41) is 3.34. The van der Waals surface area contributed by atoms with Crippen molar-refractivity contribution in [1.82, 2.24) is 10.2 Å². The number of halogens is 1. The van der Waals surface area contributed by atoms with Crippen molar-refractivity contribution >= 4 is 11.8 Å². The zero-order chi connectivity index (χ0) is 13.1. The molecule has 100 valence electrons. The number of thioether (sulfide) groups is 1. The molecule has 2 atom stereocenters. The fraction of sp³-hybridized carbons (Fsp3) is 0.571. The Morgan fingerprint density at radius 1 is 1.50 bits per heavy atom. The van der Waals surface area contributed by atoms with Crippen molar-refractivity contribution < 1.29 is 4.39 Å². The van der Waals surface area contributed by atoms with Crippen LogP contribution in [0.25, 0.3) is 0 Å². The van der Waals surface area contributed by atoms with Crippen LogP contribution in [0.2, 0.25) is 0 Å². The van der Waals surface area contributed by atoms with Crippen LogP contribution in [0.15, 0.2) is 18.2 Å². The van der Waals surface area contributed by atoms with Crippen molar-refractivity contribution in [2.45, 2.75) is 19.0 Å². The molecule has 1 aromatic rings. The highest BCUT2D eigenvalue weighted by Crippen LogP contribution is 2.27. The summed E-state index contributed by atoms with van der Waals surface area (Å²) in [4.78, 5) is 2.37. The Hall–Kier alpha value is -0.580. The molecule has 2 unspecified atom stereocenters. The summed E-state index contributed by atoms with van der Waals surface area (Å²) in [6, 6.07) is 6.19. The lowest BCUT2D eigenvalue weighted by molar-refractivity contribution is 0.221. The van der Waals surface area contributed by atoms with E-state index >= 15 is 0 Å². The number of hydrogen-bond donors (Lipinski definition) is 1. The van der Waals surface area contributed by atoms with Crippen LogP contribution in [0.3, 0.4) is 0 Å². The van der Waals surface area contributed by atoms with Gasteiger partial charge in [0.1, 0.15) is 5.82 Å². The predicted molar refractivity (Wildman–Crippen MR) is 76.7 cm³/mol. The molecule has 1 fully saturated rings. The quantitative estimate of drug-likeness (QED) is 0.906. The van der Waals surface area contributed by atoms with Gasteiger partial charge in [0.05, 0.1) is 0 Å². The minimum atomic E-state index is -0.112. The molecule has 0 aromatic heterocycles. The zero-order valence-corrected chi connectivity index (χ0v) is 12.1. The molecule has 1 aliphatic heterocycles. The van der Waals surface area contributed by atoms with Gasteiger partial charge < -0.3 is 5.32 Å². The number of rotatable bonds is 3. The van der Waals surface area contributed by atoms with Crippen molar-refractivity contribution in [3.05, 3.63) is 35.1 Å². The van der Waals surface area contributed by atoms with Crippen LogP contribution in [0, 0.1) is 12.7 Å². The minimum absolute atomic E-state index is 0.112. The lowest BCUT2D eigenvalue weighted by atomic mass is 9.98. The van der Waals surface area contributed by atoms with Crippen molar-refractivity contribution in [2.75, 3.05) is 32.1 Å². The highest BCUT2D eigenvalue weighted by atomic mass is 32.2. The summed E-state index contributed by atoms with van der Waals surface area (Å²) in [7, 11) is 4.11. The maximum atomic E-state index is 13.7. The van der Waals surface area contributed by atoms with E-state index in [2.05, 4.69) is 17.3 Å². The average molecular weight is 268 g/mol. The maximum absolute atomic E-state index is 13.7. The number of benzene rings is 1. The summed E-state index contributed by atoms with van der Waals surface area (Å²) in [6.07, 6.45) is 0. The first-order valence-corrected chi connectivity index (χ1v) is 7.50. The topological polar surface area (TPSA) is 15.3 Å². The minimum Gasteiger partial charge on any atom is -0.312 e. The molecular formula is C14H21FN2S. The lowest BCUT2D eigenvalue weighted by Crippen LogP contribution is -2.47. The highest BCUT2D eigenvalue weighted by molar-refractivity contribution is 7.99. The Morgan fingerprint density at radius 3 is 2.89 bits per heavy atom. The fourth-order valence-electron chi connectivity index (χ4n) is 2.44. The molecule has 1 heterocycles. The van der Waals surface area contributed by atoms with Gasteiger partial charge in [-0.05, 0) is 38.2 Å². The Balaban J connectivity index is 2.23. The highest BCUT2D eigenvalue weighted by Gasteiger charge is 2.28. The molecule has 18 heavy (non-hydrogen) atoms. The summed E-state index contributed by atoms with van der Waals surface area (Å²) in [6.45, 7) is 2.90. The molecule has 0 spiro atoms. The van der Waals surface area contributed by atoms with Crippen LogP contribution in [0.1, 0.15) is 17.2 Å². The van der Waals surface area contributed by atoms with Crippen molar-refractivity contribution in [3.8, 4) is 0 Å². The van der Waals surface area contributed by atoms with E-state index in [1.807, 2.05) is 30.9 Å². The summed E-state index contributed by atoms with van der Waals surface area (Å²) < 4.78 is 13.7. The van der Waals surface area contributed by atoms with Gasteiger partial charge in [-0.15, -0.1) is 0 Å². The zero-order valence-electron chi connectivity index (χ0n) is 11.2. The van der Waals surface area contributed by atoms with Gasteiger partial charge in [-0.2, -0.15) is 11.8 Å². The molecule has 0 bridgehead atoms. The second kappa shape index (κ2) is 6.04. The molecule has 1 aromatic carbocycles. The first kappa shape index (κ1) is 13.8. The van der Waals surface area contributed by atoms with Gasteiger partial charge in [0, 0.05) is 30.1 Å². The van der Waals surface area contributed by atoms with Gasteiger partial charge in [-0.3, -0.25) is 4.90 Å². The van der Waals surface area contributed by atoms with E-state index in [4.69, 9.17) is 0 Å². The standard InChI is InChI=1S/C14H21FN2S/c1-10-4-5-11(8-12(10)15)14(16-2)13-9-18-7-6-17(13)3/h4-5,8,13-14,16H,6-7,9H2,1-3H3. The predicted octanol–water partition coefficient (Wildman–Crippen LogP) is 2.44. The molecule has 1 N–H and O–H groups in total. The van der Waals surface area contributed by atoms with Crippen molar-refractivity contribution in [1.29, 1.82) is 0 Å². The monoisotopic (exact) mass is 268 g/mol. The van der Waals surface area contributed by atoms with Crippen LogP contribution < -0.4 is 5.32 Å². The number of likely N-dealkylation sites (N-methyl/N-ethyl adjacent to an activating group) is 2. The van der Waals surface area contributed by atoms with Crippen molar-refractivity contribution in [3.63, 3.8) is 0 Å². The van der Waals surface area contributed by atoms with E-state index in [1.165, 1.54) is 5.75 Å². The molecule has 2 nitrogen and oxygen atoms in total. The number of nitrogens with one attached hydrogen (secondary N) is 1. The second-order valence-corrected chi connectivity index (χ2v) is 6.05. The molecule has 1 saturated heterocycles.